The van der Waals surface area contributed by atoms with Crippen LogP contribution in [0.4, 0.5) is 8.78 Å². The molecule has 0 aromatic heterocycles. The molecule has 2 atom stereocenters. The van der Waals surface area contributed by atoms with Crippen molar-refractivity contribution in [1.82, 2.24) is 9.80 Å². The minimum atomic E-state index is -0.676. The number of rotatable bonds is 6. The van der Waals surface area contributed by atoms with E-state index in [2.05, 4.69) is 0 Å². The van der Waals surface area contributed by atoms with E-state index in [1.165, 1.54) is 12.1 Å². The second kappa shape index (κ2) is 10.3. The van der Waals surface area contributed by atoms with Gasteiger partial charge in [0.1, 0.15) is 17.4 Å². The summed E-state index contributed by atoms with van der Waals surface area (Å²) in [6, 6.07) is 10.9. The Morgan fingerprint density at radius 3 is 2.73 bits per heavy atom. The zero-order chi connectivity index (χ0) is 23.4. The lowest BCUT2D eigenvalue weighted by Gasteiger charge is -2.33. The predicted molar refractivity (Wildman–Crippen MR) is 120 cm³/mol. The molecule has 0 bridgehead atoms. The van der Waals surface area contributed by atoms with Crippen LogP contribution in [0.5, 0.6) is 5.75 Å². The van der Waals surface area contributed by atoms with Gasteiger partial charge in [-0.25, -0.2) is 8.78 Å². The van der Waals surface area contributed by atoms with E-state index >= 15 is 0 Å². The maximum atomic E-state index is 14.2. The molecule has 7 heteroatoms. The Bertz CT molecular complexity index is 1010. The van der Waals surface area contributed by atoms with E-state index in [0.717, 1.165) is 43.1 Å². The van der Waals surface area contributed by atoms with Gasteiger partial charge in [0.25, 0.3) is 0 Å². The highest BCUT2D eigenvalue weighted by Gasteiger charge is 2.35. The molecule has 2 saturated heterocycles. The Balaban J connectivity index is 1.51. The molecule has 2 heterocycles. The number of ether oxygens (including phenoxy) is 1. The van der Waals surface area contributed by atoms with Crippen molar-refractivity contribution in [3.8, 4) is 5.75 Å². The number of nitrogens with zero attached hydrogens (tertiary/aromatic N) is 2. The third-order valence-electron chi connectivity index (χ3n) is 6.77. The Morgan fingerprint density at radius 2 is 1.94 bits per heavy atom. The summed E-state index contributed by atoms with van der Waals surface area (Å²) < 4.78 is 32.8. The van der Waals surface area contributed by atoms with Crippen molar-refractivity contribution in [1.29, 1.82) is 0 Å². The number of hydrogen-bond donors (Lipinski definition) is 0. The smallest absolute Gasteiger partial charge is 0.225 e. The largest absolute Gasteiger partial charge is 0.497 e. The summed E-state index contributed by atoms with van der Waals surface area (Å²) in [7, 11) is 1.63. The van der Waals surface area contributed by atoms with Gasteiger partial charge >= 0.3 is 0 Å². The SMILES string of the molecule is COc1cccc(C2CCCCCN2C(=O)CC2CCC(=O)N2Cc2ccc(F)cc2F)c1. The van der Waals surface area contributed by atoms with Crippen LogP contribution in [0.1, 0.15) is 62.1 Å². The molecule has 2 amide bonds. The molecule has 0 saturated carbocycles. The molecule has 5 nitrogen and oxygen atoms in total. The molecule has 33 heavy (non-hydrogen) atoms. The quantitative estimate of drug-likeness (QED) is 0.615. The first-order valence-corrected chi connectivity index (χ1v) is 11.6. The average Bonchev–Trinajstić information content (AvgIpc) is 3.00. The summed E-state index contributed by atoms with van der Waals surface area (Å²) in [5, 5.41) is 0. The number of carbonyl (C=O) groups excluding carboxylic acids is 2. The van der Waals surface area contributed by atoms with Crippen LogP contribution in [0.15, 0.2) is 42.5 Å². The number of methoxy groups -OCH3 is 1. The van der Waals surface area contributed by atoms with E-state index in [9.17, 15) is 18.4 Å². The second-order valence-corrected chi connectivity index (χ2v) is 8.88. The number of amides is 2. The van der Waals surface area contributed by atoms with Gasteiger partial charge in [0.2, 0.25) is 11.8 Å². The Hall–Kier alpha value is -2.96. The first kappa shape index (κ1) is 23.2. The molecule has 2 fully saturated rings. The summed E-state index contributed by atoms with van der Waals surface area (Å²) in [4.78, 5) is 29.5. The van der Waals surface area contributed by atoms with E-state index in [1.807, 2.05) is 29.2 Å². The van der Waals surface area contributed by atoms with Gasteiger partial charge in [-0.3, -0.25) is 9.59 Å². The zero-order valence-electron chi connectivity index (χ0n) is 18.9. The Morgan fingerprint density at radius 1 is 1.09 bits per heavy atom. The summed E-state index contributed by atoms with van der Waals surface area (Å²) in [6.45, 7) is 0.718. The van der Waals surface area contributed by atoms with Crippen LogP contribution in [0.3, 0.4) is 0 Å². The van der Waals surface area contributed by atoms with E-state index < -0.39 is 11.6 Å². The zero-order valence-corrected chi connectivity index (χ0v) is 18.9. The summed E-state index contributed by atoms with van der Waals surface area (Å²) in [5.74, 6) is -0.658. The first-order chi connectivity index (χ1) is 16.0. The predicted octanol–water partition coefficient (Wildman–Crippen LogP) is 5.00. The highest BCUT2D eigenvalue weighted by atomic mass is 19.1. The molecular formula is C26H30F2N2O3. The van der Waals surface area contributed by atoms with Crippen LogP contribution in [-0.2, 0) is 16.1 Å². The number of benzene rings is 2. The van der Waals surface area contributed by atoms with Gasteiger partial charge in [0.05, 0.1) is 13.2 Å². The fraction of sp³-hybridized carbons (Fsp3) is 0.462. The first-order valence-electron chi connectivity index (χ1n) is 11.6. The van der Waals surface area contributed by atoms with E-state index in [1.54, 1.807) is 12.0 Å². The van der Waals surface area contributed by atoms with Crippen LogP contribution < -0.4 is 4.74 Å². The van der Waals surface area contributed by atoms with Crippen molar-refractivity contribution in [3.63, 3.8) is 0 Å². The molecule has 0 aliphatic carbocycles. The maximum absolute atomic E-state index is 14.2. The Labute approximate surface area is 193 Å². The molecule has 0 N–H and O–H groups in total. The standard InChI is InChI=1S/C26H30F2N2O3/c1-33-22-7-5-6-18(14-22)24-8-3-2-4-13-29(24)26(32)16-21-11-12-25(31)30(21)17-19-9-10-20(27)15-23(19)28/h5-7,9-10,14-15,21,24H,2-4,8,11-13,16-17H2,1H3. The van der Waals surface area contributed by atoms with Crippen molar-refractivity contribution in [3.05, 3.63) is 65.2 Å². The van der Waals surface area contributed by atoms with Crippen molar-refractivity contribution in [2.45, 2.75) is 63.6 Å². The van der Waals surface area contributed by atoms with Crippen LogP contribution in [-0.4, -0.2) is 41.3 Å². The van der Waals surface area contributed by atoms with Gasteiger partial charge in [-0.05, 0) is 43.0 Å². The fourth-order valence-corrected chi connectivity index (χ4v) is 4.98. The van der Waals surface area contributed by atoms with E-state index in [-0.39, 0.29) is 42.4 Å². The number of carbonyl (C=O) groups is 2. The maximum Gasteiger partial charge on any atom is 0.225 e. The van der Waals surface area contributed by atoms with E-state index in [4.69, 9.17) is 4.74 Å². The van der Waals surface area contributed by atoms with Crippen molar-refractivity contribution >= 4 is 11.8 Å². The van der Waals surface area contributed by atoms with E-state index in [0.29, 0.717) is 19.4 Å². The highest BCUT2D eigenvalue weighted by Crippen LogP contribution is 2.34. The third-order valence-corrected chi connectivity index (χ3v) is 6.77. The Kier molecular flexibility index (Phi) is 7.26. The summed E-state index contributed by atoms with van der Waals surface area (Å²) >= 11 is 0. The summed E-state index contributed by atoms with van der Waals surface area (Å²) in [6.07, 6.45) is 5.04. The minimum Gasteiger partial charge on any atom is -0.497 e. The molecule has 4 rings (SSSR count). The normalized spacial score (nSPS) is 21.2. The molecule has 176 valence electrons. The topological polar surface area (TPSA) is 49.9 Å². The molecule has 2 aromatic carbocycles. The molecule has 0 spiro atoms. The second-order valence-electron chi connectivity index (χ2n) is 8.88. The van der Waals surface area contributed by atoms with Crippen LogP contribution in [0.25, 0.3) is 0 Å². The van der Waals surface area contributed by atoms with Crippen LogP contribution in [0, 0.1) is 11.6 Å². The highest BCUT2D eigenvalue weighted by molar-refractivity contribution is 5.82. The van der Waals surface area contributed by atoms with Crippen molar-refractivity contribution < 1.29 is 23.1 Å². The van der Waals surface area contributed by atoms with Gasteiger partial charge in [-0.15, -0.1) is 0 Å². The summed E-state index contributed by atoms with van der Waals surface area (Å²) in [5.41, 5.74) is 1.31. The van der Waals surface area contributed by atoms with Crippen LogP contribution >= 0.6 is 0 Å². The molecule has 2 aliphatic rings. The third kappa shape index (κ3) is 5.34. The average molecular weight is 457 g/mol. The molecule has 0 radical (unpaired) electrons. The van der Waals surface area contributed by atoms with Crippen LogP contribution in [0.2, 0.25) is 0 Å². The monoisotopic (exact) mass is 456 g/mol. The van der Waals surface area contributed by atoms with Gasteiger partial charge in [-0.2, -0.15) is 0 Å². The lowest BCUT2D eigenvalue weighted by molar-refractivity contribution is -0.136. The van der Waals surface area contributed by atoms with Crippen molar-refractivity contribution in [2.24, 2.45) is 0 Å². The molecule has 2 unspecified atom stereocenters. The number of halogens is 2. The molecule has 2 aliphatic heterocycles. The fourth-order valence-electron chi connectivity index (χ4n) is 4.98. The lowest BCUT2D eigenvalue weighted by atomic mass is 9.99. The van der Waals surface area contributed by atoms with Gasteiger partial charge < -0.3 is 14.5 Å². The van der Waals surface area contributed by atoms with Gasteiger partial charge in [0.15, 0.2) is 0 Å². The van der Waals surface area contributed by atoms with Crippen molar-refractivity contribution in [2.75, 3.05) is 13.7 Å². The van der Waals surface area contributed by atoms with Gasteiger partial charge in [0, 0.05) is 43.6 Å². The number of hydrogen-bond acceptors (Lipinski definition) is 3. The minimum absolute atomic E-state index is 0.00833. The molecule has 2 aromatic rings. The molecular weight excluding hydrogens is 426 g/mol. The number of likely N-dealkylation sites (tertiary alicyclic amines) is 2. The van der Waals surface area contributed by atoms with Gasteiger partial charge in [-0.1, -0.05) is 31.0 Å². The lowest BCUT2D eigenvalue weighted by Crippen LogP contribution is -2.40.